The first-order chi connectivity index (χ1) is 7.47. The summed E-state index contributed by atoms with van der Waals surface area (Å²) in [5, 5.41) is 2.93. The first kappa shape index (κ1) is 13.5. The van der Waals surface area contributed by atoms with Crippen LogP contribution in [0.4, 0.5) is 0 Å². The second-order valence-corrected chi connectivity index (χ2v) is 5.36. The van der Waals surface area contributed by atoms with Crippen molar-refractivity contribution in [1.82, 2.24) is 5.32 Å². The molecule has 1 aliphatic rings. The van der Waals surface area contributed by atoms with Crippen LogP contribution in [0.5, 0.6) is 0 Å². The first-order valence-corrected chi connectivity index (χ1v) is 6.11. The zero-order valence-corrected chi connectivity index (χ0v) is 10.4. The van der Waals surface area contributed by atoms with Gasteiger partial charge in [0.15, 0.2) is 0 Å². The van der Waals surface area contributed by atoms with Gasteiger partial charge in [-0.25, -0.2) is 0 Å². The van der Waals surface area contributed by atoms with Crippen LogP contribution in [0.15, 0.2) is 0 Å². The summed E-state index contributed by atoms with van der Waals surface area (Å²) in [5.41, 5.74) is 5.56. The third kappa shape index (κ3) is 6.08. The minimum Gasteiger partial charge on any atom is -0.381 e. The Balaban J connectivity index is 2.01. The smallest absolute Gasteiger partial charge is 0.220 e. The van der Waals surface area contributed by atoms with Gasteiger partial charge in [-0.3, -0.25) is 4.79 Å². The Morgan fingerprint density at radius 1 is 1.56 bits per heavy atom. The average Bonchev–Trinajstić information content (AvgIpc) is 2.66. The van der Waals surface area contributed by atoms with Crippen LogP contribution in [0.25, 0.3) is 0 Å². The molecule has 1 fully saturated rings. The number of ether oxygens (including phenoxy) is 1. The van der Waals surface area contributed by atoms with Gasteiger partial charge in [0.05, 0.1) is 0 Å². The van der Waals surface area contributed by atoms with E-state index < -0.39 is 0 Å². The summed E-state index contributed by atoms with van der Waals surface area (Å²) in [6.45, 7) is 6.37. The molecule has 4 nitrogen and oxygen atoms in total. The number of hydrogen-bond acceptors (Lipinski definition) is 3. The molecule has 0 spiro atoms. The van der Waals surface area contributed by atoms with Crippen molar-refractivity contribution < 1.29 is 9.53 Å². The molecule has 0 radical (unpaired) electrons. The van der Waals surface area contributed by atoms with Crippen LogP contribution in [0.1, 0.15) is 39.5 Å². The molecule has 1 rings (SSSR count). The van der Waals surface area contributed by atoms with E-state index in [1.165, 1.54) is 0 Å². The van der Waals surface area contributed by atoms with Crippen molar-refractivity contribution in [2.75, 3.05) is 19.8 Å². The molecule has 0 aromatic heterocycles. The molecule has 0 aliphatic carbocycles. The Labute approximate surface area is 97.9 Å². The lowest BCUT2D eigenvalue weighted by molar-refractivity contribution is -0.121. The minimum atomic E-state index is -0.253. The predicted octanol–water partition coefficient (Wildman–Crippen LogP) is 1.05. The fourth-order valence-corrected chi connectivity index (χ4v) is 1.75. The highest BCUT2D eigenvalue weighted by Gasteiger charge is 2.16. The number of rotatable bonds is 6. The van der Waals surface area contributed by atoms with Crippen LogP contribution < -0.4 is 11.1 Å². The summed E-state index contributed by atoms with van der Waals surface area (Å²) in [6.07, 6.45) is 3.40. The number of nitrogens with one attached hydrogen (secondary N) is 1. The SMILES string of the molecule is CC(C)(N)CCC(=O)NCCC1CCOC1. The Hall–Kier alpha value is -0.610. The molecule has 3 N–H and O–H groups in total. The lowest BCUT2D eigenvalue weighted by Crippen LogP contribution is -2.34. The van der Waals surface area contributed by atoms with Crippen LogP contribution >= 0.6 is 0 Å². The van der Waals surface area contributed by atoms with Crippen LogP contribution in [0.3, 0.4) is 0 Å². The van der Waals surface area contributed by atoms with E-state index in [-0.39, 0.29) is 11.4 Å². The summed E-state index contributed by atoms with van der Waals surface area (Å²) in [7, 11) is 0. The minimum absolute atomic E-state index is 0.109. The summed E-state index contributed by atoms with van der Waals surface area (Å²) in [5.74, 6) is 0.740. The van der Waals surface area contributed by atoms with Crippen molar-refractivity contribution in [3.8, 4) is 0 Å². The molecule has 1 heterocycles. The number of amides is 1. The highest BCUT2D eigenvalue weighted by molar-refractivity contribution is 5.75. The fraction of sp³-hybridized carbons (Fsp3) is 0.917. The van der Waals surface area contributed by atoms with Gasteiger partial charge >= 0.3 is 0 Å². The molecule has 1 unspecified atom stereocenters. The van der Waals surface area contributed by atoms with E-state index in [1.807, 2.05) is 13.8 Å². The lowest BCUT2D eigenvalue weighted by atomic mass is 10.00. The Bertz CT molecular complexity index is 218. The van der Waals surface area contributed by atoms with Crippen LogP contribution in [-0.2, 0) is 9.53 Å². The van der Waals surface area contributed by atoms with Gasteiger partial charge in [-0.15, -0.1) is 0 Å². The summed E-state index contributed by atoms with van der Waals surface area (Å²) < 4.78 is 5.28. The molecular formula is C12H24N2O2. The second kappa shape index (κ2) is 6.21. The molecule has 4 heteroatoms. The second-order valence-electron chi connectivity index (χ2n) is 5.36. The Morgan fingerprint density at radius 2 is 2.31 bits per heavy atom. The van der Waals surface area contributed by atoms with E-state index in [4.69, 9.17) is 10.5 Å². The van der Waals surface area contributed by atoms with Crippen LogP contribution in [-0.4, -0.2) is 31.2 Å². The third-order valence-corrected chi connectivity index (χ3v) is 2.90. The predicted molar refractivity (Wildman–Crippen MR) is 64.1 cm³/mol. The van der Waals surface area contributed by atoms with Crippen molar-refractivity contribution >= 4 is 5.91 Å². The van der Waals surface area contributed by atoms with Crippen molar-refractivity contribution in [2.45, 2.75) is 45.1 Å². The topological polar surface area (TPSA) is 64.4 Å². The largest absolute Gasteiger partial charge is 0.381 e. The summed E-state index contributed by atoms with van der Waals surface area (Å²) in [4.78, 5) is 11.5. The standard InChI is InChI=1S/C12H24N2O2/c1-12(2,13)6-3-11(15)14-7-4-10-5-8-16-9-10/h10H,3-9,13H2,1-2H3,(H,14,15). The van der Waals surface area contributed by atoms with E-state index in [1.54, 1.807) is 0 Å². The summed E-state index contributed by atoms with van der Waals surface area (Å²) >= 11 is 0. The average molecular weight is 228 g/mol. The number of nitrogens with two attached hydrogens (primary N) is 1. The Morgan fingerprint density at radius 3 is 2.88 bits per heavy atom. The van der Waals surface area contributed by atoms with Crippen molar-refractivity contribution in [1.29, 1.82) is 0 Å². The van der Waals surface area contributed by atoms with Crippen LogP contribution in [0.2, 0.25) is 0 Å². The van der Waals surface area contributed by atoms with Gasteiger partial charge in [-0.05, 0) is 39.0 Å². The Kier molecular flexibility index (Phi) is 5.22. The maximum atomic E-state index is 11.5. The van der Waals surface area contributed by atoms with Gasteiger partial charge in [0.2, 0.25) is 5.91 Å². The van der Waals surface area contributed by atoms with Gasteiger partial charge in [0.25, 0.3) is 0 Å². The van der Waals surface area contributed by atoms with Gasteiger partial charge in [-0.1, -0.05) is 0 Å². The van der Waals surface area contributed by atoms with Crippen molar-refractivity contribution in [2.24, 2.45) is 11.7 Å². The number of carbonyl (C=O) groups is 1. The number of carbonyl (C=O) groups excluding carboxylic acids is 1. The lowest BCUT2D eigenvalue weighted by Gasteiger charge is -2.17. The zero-order chi connectivity index (χ0) is 12.0. The normalized spacial score (nSPS) is 21.1. The highest BCUT2D eigenvalue weighted by Crippen LogP contribution is 2.15. The maximum absolute atomic E-state index is 11.5. The van der Waals surface area contributed by atoms with Gasteiger partial charge in [-0.2, -0.15) is 0 Å². The summed E-state index contributed by atoms with van der Waals surface area (Å²) in [6, 6.07) is 0. The molecular weight excluding hydrogens is 204 g/mol. The molecule has 1 aliphatic heterocycles. The molecule has 1 amide bonds. The van der Waals surface area contributed by atoms with E-state index in [9.17, 15) is 4.79 Å². The van der Waals surface area contributed by atoms with Gasteiger partial charge < -0.3 is 15.8 Å². The van der Waals surface area contributed by atoms with Crippen molar-refractivity contribution in [3.63, 3.8) is 0 Å². The molecule has 94 valence electrons. The van der Waals surface area contributed by atoms with Crippen molar-refractivity contribution in [3.05, 3.63) is 0 Å². The molecule has 16 heavy (non-hydrogen) atoms. The van der Waals surface area contributed by atoms with Gasteiger partial charge in [0.1, 0.15) is 0 Å². The quantitative estimate of drug-likeness (QED) is 0.714. The molecule has 0 aromatic rings. The monoisotopic (exact) mass is 228 g/mol. The molecule has 0 aromatic carbocycles. The van der Waals surface area contributed by atoms with E-state index >= 15 is 0 Å². The molecule has 1 saturated heterocycles. The molecule has 0 bridgehead atoms. The van der Waals surface area contributed by atoms with Gasteiger partial charge in [0, 0.05) is 31.7 Å². The maximum Gasteiger partial charge on any atom is 0.220 e. The highest BCUT2D eigenvalue weighted by atomic mass is 16.5. The molecule has 1 atom stereocenters. The first-order valence-electron chi connectivity index (χ1n) is 6.11. The number of hydrogen-bond donors (Lipinski definition) is 2. The third-order valence-electron chi connectivity index (χ3n) is 2.90. The van der Waals surface area contributed by atoms with Crippen LogP contribution in [0, 0.1) is 5.92 Å². The van der Waals surface area contributed by atoms with E-state index in [0.717, 1.165) is 39.0 Å². The van der Waals surface area contributed by atoms with E-state index in [2.05, 4.69) is 5.32 Å². The fourth-order valence-electron chi connectivity index (χ4n) is 1.75. The zero-order valence-electron chi connectivity index (χ0n) is 10.4. The van der Waals surface area contributed by atoms with E-state index in [0.29, 0.717) is 12.3 Å². The molecule has 0 saturated carbocycles.